The van der Waals surface area contributed by atoms with Gasteiger partial charge in [-0.05, 0) is 43.9 Å². The number of aromatic amines is 1. The van der Waals surface area contributed by atoms with Crippen LogP contribution in [0.1, 0.15) is 19.3 Å². The highest BCUT2D eigenvalue weighted by Crippen LogP contribution is 2.38. The number of fused-ring (bicyclic) bond motifs is 2. The topological polar surface area (TPSA) is 84.8 Å². The number of aryl methyl sites for hydroxylation is 1. The fourth-order valence-corrected chi connectivity index (χ4v) is 5.85. The predicted octanol–water partition coefficient (Wildman–Crippen LogP) is 0.565. The van der Waals surface area contributed by atoms with Crippen LogP contribution in [0.2, 0.25) is 0 Å². The van der Waals surface area contributed by atoms with E-state index in [0.717, 1.165) is 63.1 Å². The summed E-state index contributed by atoms with van der Waals surface area (Å²) in [6, 6.07) is 7.80. The summed E-state index contributed by atoms with van der Waals surface area (Å²) in [6.07, 6.45) is 1.78. The van der Waals surface area contributed by atoms with Crippen LogP contribution in [0.15, 0.2) is 29.1 Å². The Hall–Kier alpha value is -2.16. The van der Waals surface area contributed by atoms with Gasteiger partial charge in [0, 0.05) is 58.3 Å². The summed E-state index contributed by atoms with van der Waals surface area (Å²) in [4.78, 5) is 34.8. The van der Waals surface area contributed by atoms with E-state index in [0.29, 0.717) is 24.8 Å². The van der Waals surface area contributed by atoms with Gasteiger partial charge < -0.3 is 19.9 Å². The van der Waals surface area contributed by atoms with Gasteiger partial charge in [0.25, 0.3) is 0 Å². The van der Waals surface area contributed by atoms with Gasteiger partial charge in [0.2, 0.25) is 5.91 Å². The number of rotatable bonds is 4. The van der Waals surface area contributed by atoms with Crippen LogP contribution in [0.4, 0.5) is 0 Å². The lowest BCUT2D eigenvalue weighted by Crippen LogP contribution is -2.55. The number of hydrogen-bond acceptors (Lipinski definition) is 5. The van der Waals surface area contributed by atoms with E-state index in [4.69, 9.17) is 0 Å². The molecule has 3 heterocycles. The number of para-hydroxylation sites is 2. The second-order valence-corrected chi connectivity index (χ2v) is 9.61. The largest absolute Gasteiger partial charge is 0.391 e. The number of imidazole rings is 1. The first-order valence-electron chi connectivity index (χ1n) is 11.6. The van der Waals surface area contributed by atoms with E-state index in [1.54, 1.807) is 4.57 Å². The van der Waals surface area contributed by atoms with Crippen LogP contribution in [0.25, 0.3) is 11.0 Å². The SMILES string of the molecule is CN1CCN([C@@H]2C[C@@H]3CN(C(=O)CCn4c(=O)[nH]c5ccccc54)C[C@@H]3C[C@H]2O)CC1. The van der Waals surface area contributed by atoms with Gasteiger partial charge in [-0.1, -0.05) is 12.1 Å². The van der Waals surface area contributed by atoms with Crippen LogP contribution in [-0.2, 0) is 11.3 Å². The number of piperazine rings is 1. The number of carbonyl (C=O) groups is 1. The molecule has 1 aromatic heterocycles. The first-order valence-corrected chi connectivity index (χ1v) is 11.6. The van der Waals surface area contributed by atoms with Crippen LogP contribution in [0.3, 0.4) is 0 Å². The number of aliphatic hydroxyl groups excluding tert-OH is 1. The molecule has 0 bridgehead atoms. The molecule has 0 spiro atoms. The number of aromatic nitrogens is 2. The third-order valence-corrected chi connectivity index (χ3v) is 7.70. The molecule has 3 fully saturated rings. The molecule has 1 aliphatic carbocycles. The lowest BCUT2D eigenvalue weighted by Gasteiger charge is -2.44. The Balaban J connectivity index is 1.20. The maximum absolute atomic E-state index is 13.0. The Morgan fingerprint density at radius 1 is 1.10 bits per heavy atom. The zero-order chi connectivity index (χ0) is 21.5. The molecule has 2 saturated heterocycles. The molecule has 2 aliphatic heterocycles. The highest BCUT2D eigenvalue weighted by Gasteiger charge is 2.44. The zero-order valence-electron chi connectivity index (χ0n) is 18.2. The number of aliphatic hydroxyl groups is 1. The Morgan fingerprint density at radius 3 is 2.58 bits per heavy atom. The maximum Gasteiger partial charge on any atom is 0.326 e. The average molecular weight is 428 g/mol. The molecule has 8 heteroatoms. The fourth-order valence-electron chi connectivity index (χ4n) is 5.85. The Kier molecular flexibility index (Phi) is 5.62. The normalized spacial score (nSPS) is 30.1. The highest BCUT2D eigenvalue weighted by molar-refractivity contribution is 5.78. The second-order valence-electron chi connectivity index (χ2n) is 9.61. The van der Waals surface area contributed by atoms with E-state index in [2.05, 4.69) is 21.8 Å². The molecule has 3 aliphatic rings. The lowest BCUT2D eigenvalue weighted by atomic mass is 9.77. The van der Waals surface area contributed by atoms with Crippen molar-refractivity contribution in [2.24, 2.45) is 11.8 Å². The van der Waals surface area contributed by atoms with Crippen molar-refractivity contribution in [3.63, 3.8) is 0 Å². The van der Waals surface area contributed by atoms with Gasteiger partial charge in [0.15, 0.2) is 0 Å². The van der Waals surface area contributed by atoms with Gasteiger partial charge in [0.05, 0.1) is 17.1 Å². The molecule has 1 saturated carbocycles. The van der Waals surface area contributed by atoms with Crippen LogP contribution in [-0.4, -0.2) is 93.7 Å². The van der Waals surface area contributed by atoms with E-state index in [9.17, 15) is 14.7 Å². The minimum Gasteiger partial charge on any atom is -0.391 e. The van der Waals surface area contributed by atoms with Gasteiger partial charge in [-0.15, -0.1) is 0 Å². The number of likely N-dealkylation sites (N-methyl/N-ethyl adjacent to an activating group) is 1. The summed E-state index contributed by atoms with van der Waals surface area (Å²) in [7, 11) is 2.15. The number of amides is 1. The zero-order valence-corrected chi connectivity index (χ0v) is 18.2. The number of hydrogen-bond donors (Lipinski definition) is 2. The van der Waals surface area contributed by atoms with Crippen molar-refractivity contribution in [3.05, 3.63) is 34.7 Å². The molecule has 2 aromatic rings. The van der Waals surface area contributed by atoms with E-state index < -0.39 is 0 Å². The van der Waals surface area contributed by atoms with Crippen molar-refractivity contribution in [2.75, 3.05) is 46.3 Å². The number of H-pyrrole nitrogens is 1. The standard InChI is InChI=1S/C23H33N5O3/c1-25-8-10-26(11-9-25)20-12-16-14-27(15-17(16)13-21(20)29)22(30)6-7-28-19-5-3-2-4-18(19)24-23(28)31/h2-5,16-17,20-21,29H,6-15H2,1H3,(H,24,31)/t16-,17+,20-,21-/m1/s1. The summed E-state index contributed by atoms with van der Waals surface area (Å²) >= 11 is 0. The molecule has 0 unspecified atom stereocenters. The average Bonchev–Trinajstić information content (AvgIpc) is 3.32. The molecule has 31 heavy (non-hydrogen) atoms. The first kappa shape index (κ1) is 20.7. The fraction of sp³-hybridized carbons (Fsp3) is 0.652. The van der Waals surface area contributed by atoms with Crippen molar-refractivity contribution in [1.82, 2.24) is 24.3 Å². The Labute approximate surface area is 182 Å². The summed E-state index contributed by atoms with van der Waals surface area (Å²) < 4.78 is 1.66. The molecule has 1 aromatic carbocycles. The van der Waals surface area contributed by atoms with Gasteiger partial charge in [0.1, 0.15) is 0 Å². The molecule has 168 valence electrons. The van der Waals surface area contributed by atoms with Gasteiger partial charge in [-0.25, -0.2) is 4.79 Å². The number of likely N-dealkylation sites (tertiary alicyclic amines) is 1. The molecule has 8 nitrogen and oxygen atoms in total. The minimum atomic E-state index is -0.301. The summed E-state index contributed by atoms with van der Waals surface area (Å²) in [5.41, 5.74) is 1.48. The molecule has 4 atom stereocenters. The van der Waals surface area contributed by atoms with Gasteiger partial charge >= 0.3 is 5.69 Å². The molecule has 1 amide bonds. The minimum absolute atomic E-state index is 0.109. The second kappa shape index (κ2) is 8.41. The van der Waals surface area contributed by atoms with Crippen LogP contribution >= 0.6 is 0 Å². The third-order valence-electron chi connectivity index (χ3n) is 7.70. The molecule has 2 N–H and O–H groups in total. The van der Waals surface area contributed by atoms with Gasteiger partial charge in [-0.3, -0.25) is 14.3 Å². The highest BCUT2D eigenvalue weighted by atomic mass is 16.3. The lowest BCUT2D eigenvalue weighted by molar-refractivity contribution is -0.130. The van der Waals surface area contributed by atoms with Gasteiger partial charge in [-0.2, -0.15) is 0 Å². The quantitative estimate of drug-likeness (QED) is 0.745. The number of carbonyl (C=O) groups excluding carboxylic acids is 1. The van der Waals surface area contributed by atoms with Crippen molar-refractivity contribution in [1.29, 1.82) is 0 Å². The molecule has 5 rings (SSSR count). The molecular weight excluding hydrogens is 394 g/mol. The van der Waals surface area contributed by atoms with Crippen LogP contribution in [0.5, 0.6) is 0 Å². The number of nitrogens with one attached hydrogen (secondary N) is 1. The monoisotopic (exact) mass is 427 g/mol. The molecule has 0 radical (unpaired) electrons. The summed E-state index contributed by atoms with van der Waals surface area (Å²) in [5.74, 6) is 0.962. The maximum atomic E-state index is 13.0. The van der Waals surface area contributed by atoms with Crippen molar-refractivity contribution < 1.29 is 9.90 Å². The van der Waals surface area contributed by atoms with Crippen LogP contribution in [0, 0.1) is 11.8 Å². The number of benzene rings is 1. The Morgan fingerprint density at radius 2 is 1.81 bits per heavy atom. The van der Waals surface area contributed by atoms with E-state index in [-0.39, 0.29) is 23.7 Å². The Bertz CT molecular complexity index is 993. The van der Waals surface area contributed by atoms with Crippen LogP contribution < -0.4 is 5.69 Å². The smallest absolute Gasteiger partial charge is 0.326 e. The summed E-state index contributed by atoms with van der Waals surface area (Å²) in [6.45, 7) is 6.03. The van der Waals surface area contributed by atoms with E-state index in [1.807, 2.05) is 29.2 Å². The summed E-state index contributed by atoms with van der Waals surface area (Å²) in [5, 5.41) is 10.8. The van der Waals surface area contributed by atoms with Crippen molar-refractivity contribution >= 4 is 16.9 Å². The van der Waals surface area contributed by atoms with Crippen molar-refractivity contribution in [2.45, 2.75) is 38.0 Å². The van der Waals surface area contributed by atoms with E-state index >= 15 is 0 Å². The predicted molar refractivity (Wildman–Crippen MR) is 119 cm³/mol. The van der Waals surface area contributed by atoms with Crippen molar-refractivity contribution in [3.8, 4) is 0 Å². The number of nitrogens with zero attached hydrogens (tertiary/aromatic N) is 4. The third kappa shape index (κ3) is 4.04. The van der Waals surface area contributed by atoms with E-state index in [1.165, 1.54) is 0 Å². The molecular formula is C23H33N5O3. The first-order chi connectivity index (χ1) is 15.0.